The average Bonchev–Trinajstić information content (AvgIpc) is 2.39. The van der Waals surface area contributed by atoms with Crippen LogP contribution in [0.5, 0.6) is 0 Å². The zero-order valence-corrected chi connectivity index (χ0v) is 47.1. The van der Waals surface area contributed by atoms with E-state index < -0.39 is 0 Å². The fraction of sp³-hybridized carbons (Fsp3) is 0. The summed E-state index contributed by atoms with van der Waals surface area (Å²) in [6.45, 7) is 0. The molecule has 0 aliphatic rings. The van der Waals surface area contributed by atoms with E-state index in [0.717, 1.165) is 50.0 Å². The van der Waals surface area contributed by atoms with Crippen LogP contribution in [0.3, 0.4) is 0 Å². The molecule has 13 aromatic carbocycles. The minimum Gasteiger partial charge on any atom is -0.276 e. The minimum absolute atomic E-state index is 0.619. The third-order valence-corrected chi connectivity index (χ3v) is 17.4. The van der Waals surface area contributed by atoms with E-state index in [0.29, 0.717) is 35.1 Å². The van der Waals surface area contributed by atoms with E-state index in [1.807, 2.05) is 133 Å². The number of aromatic nitrogens is 7. The number of hydrogen-bond acceptors (Lipinski definition) is 7. The first kappa shape index (κ1) is 50.4. The number of hydrogen-bond donors (Lipinski definition) is 0. The van der Waals surface area contributed by atoms with Crippen LogP contribution in [0.25, 0.3) is 159 Å². The Morgan fingerprint density at radius 3 is 1.09 bits per heavy atom. The highest BCUT2D eigenvalue weighted by Crippen LogP contribution is 2.44. The normalized spacial score (nSPS) is 11.5. The summed E-state index contributed by atoms with van der Waals surface area (Å²) in [5.41, 5.74) is 11.6. The van der Waals surface area contributed by atoms with Crippen molar-refractivity contribution in [2.24, 2.45) is 0 Å². The number of thiophene rings is 1. The molecular formula is C78H49N7S. The molecule has 0 saturated heterocycles. The topological polar surface area (TPSA) is 82.3 Å². The second-order valence-electron chi connectivity index (χ2n) is 21.4. The van der Waals surface area contributed by atoms with Crippen LogP contribution in [-0.2, 0) is 0 Å². The Labute approximate surface area is 499 Å². The van der Waals surface area contributed by atoms with Gasteiger partial charge in [0, 0.05) is 54.1 Å². The van der Waals surface area contributed by atoms with Gasteiger partial charge >= 0.3 is 0 Å². The molecule has 0 aliphatic heterocycles. The van der Waals surface area contributed by atoms with Gasteiger partial charge in [-0.1, -0.05) is 267 Å². The molecule has 17 rings (SSSR count). The molecule has 17 aromatic rings. The highest BCUT2D eigenvalue weighted by atomic mass is 32.1. The first-order chi connectivity index (χ1) is 42.6. The predicted octanol–water partition coefficient (Wildman–Crippen LogP) is 20.3. The number of rotatable bonds is 8. The molecule has 0 fully saturated rings. The lowest BCUT2D eigenvalue weighted by atomic mass is 9.91. The first-order valence-corrected chi connectivity index (χ1v) is 29.6. The molecule has 0 saturated carbocycles. The van der Waals surface area contributed by atoms with Crippen molar-refractivity contribution >= 4 is 85.6 Å². The summed E-state index contributed by atoms with van der Waals surface area (Å²) in [6, 6.07) is 104. The number of fused-ring (bicyclic) bond motifs is 13. The Bertz CT molecular complexity index is 5260. The molecule has 86 heavy (non-hydrogen) atoms. The quantitative estimate of drug-likeness (QED) is 0.141. The predicted molar refractivity (Wildman–Crippen MR) is 357 cm³/mol. The van der Waals surface area contributed by atoms with Crippen molar-refractivity contribution in [3.63, 3.8) is 0 Å². The summed E-state index contributed by atoms with van der Waals surface area (Å²) in [5, 5.41) is 12.6. The molecule has 0 amide bonds. The van der Waals surface area contributed by atoms with Crippen LogP contribution < -0.4 is 0 Å². The summed E-state index contributed by atoms with van der Waals surface area (Å²) in [6.07, 6.45) is 0. The minimum atomic E-state index is 0.619. The van der Waals surface area contributed by atoms with Gasteiger partial charge in [0.1, 0.15) is 0 Å². The van der Waals surface area contributed by atoms with Gasteiger partial charge in [0.2, 0.25) is 5.95 Å². The summed E-state index contributed by atoms with van der Waals surface area (Å²) < 4.78 is 4.74. The van der Waals surface area contributed by atoms with Crippen molar-refractivity contribution in [3.05, 3.63) is 297 Å². The summed E-state index contributed by atoms with van der Waals surface area (Å²) >= 11 is 1.82. The third-order valence-electron chi connectivity index (χ3n) is 16.2. The standard InChI is InChI=1S/C45H29N3.C33H20N4S/c1-3-13-30(14-4-1)43-46-44(31-15-5-2-6-16-31)48-45(47-43)36-20-12-19-34(28-36)32-17-11-18-33(27-32)35-25-26-41-39-23-8-7-21-37(39)38-22-9-10-24-40(38)42(41)29-35;1-3-11-21(12-4-1)31-34-32(22-13-5-2-6-14-22)36-33(35-31)37-27-17-9-7-15-23(27)25-19-20-26-24-16-8-10-18-28(24)38-30(26)29(25)37/h1-29H;1-20H. The van der Waals surface area contributed by atoms with Crippen LogP contribution in [0.15, 0.2) is 297 Å². The zero-order valence-electron chi connectivity index (χ0n) is 46.3. The van der Waals surface area contributed by atoms with Crippen molar-refractivity contribution in [2.75, 3.05) is 0 Å². The Morgan fingerprint density at radius 2 is 0.570 bits per heavy atom. The van der Waals surface area contributed by atoms with Crippen molar-refractivity contribution < 1.29 is 0 Å². The van der Waals surface area contributed by atoms with Crippen molar-refractivity contribution in [2.45, 2.75) is 0 Å². The number of para-hydroxylation sites is 1. The second kappa shape index (κ2) is 21.5. The highest BCUT2D eigenvalue weighted by molar-refractivity contribution is 7.26. The van der Waals surface area contributed by atoms with Gasteiger partial charge in [-0.15, -0.1) is 11.3 Å². The lowest BCUT2D eigenvalue weighted by molar-refractivity contribution is 0.955. The molecule has 0 aliphatic carbocycles. The molecule has 0 N–H and O–H groups in total. The zero-order chi connectivity index (χ0) is 56.9. The van der Waals surface area contributed by atoms with E-state index in [4.69, 9.17) is 29.9 Å². The third kappa shape index (κ3) is 9.09. The maximum atomic E-state index is 5.08. The van der Waals surface area contributed by atoms with Crippen LogP contribution in [0.4, 0.5) is 0 Å². The largest absolute Gasteiger partial charge is 0.276 e. The van der Waals surface area contributed by atoms with Gasteiger partial charge in [0.15, 0.2) is 29.1 Å². The molecule has 0 unspecified atom stereocenters. The van der Waals surface area contributed by atoms with Crippen LogP contribution in [0, 0.1) is 0 Å². The molecule has 402 valence electrons. The van der Waals surface area contributed by atoms with E-state index in [2.05, 4.69) is 180 Å². The molecule has 7 nitrogen and oxygen atoms in total. The van der Waals surface area contributed by atoms with E-state index in [9.17, 15) is 0 Å². The average molecular weight is 1120 g/mol. The van der Waals surface area contributed by atoms with E-state index >= 15 is 0 Å². The number of nitrogens with zero attached hydrogens (tertiary/aromatic N) is 7. The molecular weight excluding hydrogens is 1070 g/mol. The van der Waals surface area contributed by atoms with Crippen LogP contribution in [0.2, 0.25) is 0 Å². The summed E-state index contributed by atoms with van der Waals surface area (Å²) in [4.78, 5) is 29.8. The Kier molecular flexibility index (Phi) is 12.6. The van der Waals surface area contributed by atoms with Gasteiger partial charge in [-0.25, -0.2) is 19.9 Å². The van der Waals surface area contributed by atoms with Gasteiger partial charge < -0.3 is 0 Å². The van der Waals surface area contributed by atoms with Crippen LogP contribution >= 0.6 is 11.3 Å². The van der Waals surface area contributed by atoms with E-state index in [-0.39, 0.29) is 0 Å². The number of benzene rings is 13. The van der Waals surface area contributed by atoms with E-state index in [1.165, 1.54) is 74.4 Å². The molecule has 0 atom stereocenters. The molecule has 0 bridgehead atoms. The lowest BCUT2D eigenvalue weighted by Crippen LogP contribution is -2.06. The monoisotopic (exact) mass is 1120 g/mol. The smallest absolute Gasteiger partial charge is 0.238 e. The van der Waals surface area contributed by atoms with Gasteiger partial charge in [-0.05, 0) is 84.9 Å². The summed E-state index contributed by atoms with van der Waals surface area (Å²) in [5.74, 6) is 3.89. The highest BCUT2D eigenvalue weighted by Gasteiger charge is 2.22. The van der Waals surface area contributed by atoms with Crippen molar-refractivity contribution in [1.29, 1.82) is 0 Å². The lowest BCUT2D eigenvalue weighted by Gasteiger charge is -2.13. The SMILES string of the molecule is c1ccc(-c2nc(-c3ccccc3)nc(-c3cccc(-c4cccc(-c5ccc6c7ccccc7c7ccccc7c6c5)c4)c3)n2)cc1.c1ccc(-c2nc(-c3ccccc3)nc(-n3c4ccccc4c4ccc5c6ccccc6sc5c43)n2)cc1. The van der Waals surface area contributed by atoms with Crippen LogP contribution in [-0.4, -0.2) is 34.5 Å². The van der Waals surface area contributed by atoms with Crippen LogP contribution in [0.1, 0.15) is 0 Å². The first-order valence-electron chi connectivity index (χ1n) is 28.8. The molecule has 4 heterocycles. The molecule has 8 heteroatoms. The van der Waals surface area contributed by atoms with Gasteiger partial charge in [0.25, 0.3) is 0 Å². The van der Waals surface area contributed by atoms with Gasteiger partial charge in [-0.2, -0.15) is 9.97 Å². The van der Waals surface area contributed by atoms with Crippen molar-refractivity contribution in [3.8, 4) is 85.1 Å². The van der Waals surface area contributed by atoms with E-state index in [1.54, 1.807) is 0 Å². The molecule has 0 spiro atoms. The Balaban J connectivity index is 0.000000143. The fourth-order valence-electron chi connectivity index (χ4n) is 12.1. The molecule has 4 aromatic heterocycles. The molecule has 0 radical (unpaired) electrons. The van der Waals surface area contributed by atoms with Gasteiger partial charge in [-0.3, -0.25) is 4.57 Å². The summed E-state index contributed by atoms with van der Waals surface area (Å²) in [7, 11) is 0. The maximum Gasteiger partial charge on any atom is 0.238 e. The van der Waals surface area contributed by atoms with Crippen molar-refractivity contribution in [1.82, 2.24) is 34.5 Å². The van der Waals surface area contributed by atoms with Gasteiger partial charge in [0.05, 0.1) is 15.7 Å². The maximum absolute atomic E-state index is 5.08. The second-order valence-corrected chi connectivity index (χ2v) is 22.4. The Hall–Kier alpha value is -11.3. The fourth-order valence-corrected chi connectivity index (χ4v) is 13.3. The Morgan fingerprint density at radius 1 is 0.221 bits per heavy atom.